The first-order chi connectivity index (χ1) is 5.00. The topological polar surface area (TPSA) is 0 Å². The summed E-state index contributed by atoms with van der Waals surface area (Å²) < 4.78 is 0. The Kier molecular flexibility index (Phi) is 2.74. The molecule has 10 heavy (non-hydrogen) atoms. The second kappa shape index (κ2) is 4.24. The summed E-state index contributed by atoms with van der Waals surface area (Å²) in [6.45, 7) is 0. The first kappa shape index (κ1) is 6.46. The van der Waals surface area contributed by atoms with E-state index in [0.717, 1.165) is 0 Å². The zero-order chi connectivity index (χ0) is 7.07. The molecule has 0 aliphatic heterocycles. The molecule has 0 aromatic heterocycles. The number of allylic oxidation sites excluding steroid dienone is 6. The van der Waals surface area contributed by atoms with Crippen molar-refractivity contribution >= 4 is 0 Å². The lowest BCUT2D eigenvalue weighted by Crippen LogP contribution is -1.52. The second-order valence-corrected chi connectivity index (χ2v) is 1.63. The van der Waals surface area contributed by atoms with Crippen molar-refractivity contribution < 1.29 is 0 Å². The SMILES string of the molecule is C1#C/C=C/C=[13C]=[13C]=C/C=C\1. The van der Waals surface area contributed by atoms with Crippen molar-refractivity contribution in [1.29, 1.82) is 0 Å². The predicted octanol–water partition coefficient (Wildman–Crippen LogP) is 1.98. The van der Waals surface area contributed by atoms with E-state index in [1.807, 2.05) is 12.2 Å². The first-order valence-electron chi connectivity index (χ1n) is 2.99. The molecule has 1 rings (SSSR count). The van der Waals surface area contributed by atoms with Crippen LogP contribution in [0.15, 0.2) is 47.9 Å². The van der Waals surface area contributed by atoms with E-state index < -0.39 is 0 Å². The fourth-order valence-electron chi connectivity index (χ4n) is 0.481. The molecule has 0 saturated carbocycles. The van der Waals surface area contributed by atoms with Crippen molar-refractivity contribution in [1.82, 2.24) is 0 Å². The van der Waals surface area contributed by atoms with Gasteiger partial charge in [0.2, 0.25) is 0 Å². The maximum Gasteiger partial charge on any atom is -0.0109 e. The van der Waals surface area contributed by atoms with E-state index in [4.69, 9.17) is 0 Å². The van der Waals surface area contributed by atoms with Crippen molar-refractivity contribution in [3.63, 3.8) is 0 Å². The average molecular weight is 128 g/mol. The Bertz CT molecular complexity index is 274. The van der Waals surface area contributed by atoms with Crippen LogP contribution in [-0.4, -0.2) is 0 Å². The minimum Gasteiger partial charge on any atom is -0.0702 e. The largest absolute Gasteiger partial charge is 0.0702 e. The zero-order valence-corrected chi connectivity index (χ0v) is 5.46. The molecule has 1 aliphatic carbocycles. The molecule has 0 aromatic rings. The Morgan fingerprint density at radius 2 is 1.20 bits per heavy atom. The van der Waals surface area contributed by atoms with Gasteiger partial charge in [0, 0.05) is 0 Å². The minimum absolute atomic E-state index is 1.77. The molecule has 0 atom stereocenters. The second-order valence-electron chi connectivity index (χ2n) is 1.63. The molecule has 0 N–H and O–H groups in total. The summed E-state index contributed by atoms with van der Waals surface area (Å²) in [6.07, 6.45) is 10.7. The highest BCUT2D eigenvalue weighted by Crippen LogP contribution is 1.77. The molecule has 46 valence electrons. The van der Waals surface area contributed by atoms with Gasteiger partial charge in [-0.1, -0.05) is 23.3 Å². The van der Waals surface area contributed by atoms with Gasteiger partial charge in [0.1, 0.15) is 0 Å². The Morgan fingerprint density at radius 1 is 0.700 bits per heavy atom. The number of rotatable bonds is 0. The van der Waals surface area contributed by atoms with Crippen LogP contribution in [0.3, 0.4) is 0 Å². The summed E-state index contributed by atoms with van der Waals surface area (Å²) in [6, 6.07) is 0. The van der Waals surface area contributed by atoms with E-state index in [-0.39, 0.29) is 0 Å². The summed E-state index contributed by atoms with van der Waals surface area (Å²) in [7, 11) is 0. The molecule has 0 bridgehead atoms. The van der Waals surface area contributed by atoms with Crippen LogP contribution in [-0.2, 0) is 0 Å². The maximum absolute atomic E-state index is 2.82. The monoisotopic (exact) mass is 128 g/mol. The molecule has 1 aliphatic rings. The van der Waals surface area contributed by atoms with Crippen LogP contribution in [0.4, 0.5) is 0 Å². The van der Waals surface area contributed by atoms with Gasteiger partial charge in [-0.05, 0) is 36.5 Å². The van der Waals surface area contributed by atoms with Gasteiger partial charge in [-0.15, -0.1) is 0 Å². The van der Waals surface area contributed by atoms with E-state index in [2.05, 4.69) is 23.3 Å². The van der Waals surface area contributed by atoms with Crippen LogP contribution in [0.5, 0.6) is 0 Å². The molecule has 0 nitrogen and oxygen atoms in total. The highest BCUT2D eigenvalue weighted by molar-refractivity contribution is 5.28. The fraction of sp³-hybridized carbons (Fsp3) is 0. The van der Waals surface area contributed by atoms with Crippen LogP contribution in [0.25, 0.3) is 0 Å². The standard InChI is InChI=1S/C10H6/c1-2-4-6-8-10-9-7-5-3-1/h1-3,8-10H/b2-1-,3-1?,10-8+,10-9?/i4+1,6+1/b2-1?,3-1-,10-8?,10-9+. The first-order valence-corrected chi connectivity index (χ1v) is 2.99. The van der Waals surface area contributed by atoms with Gasteiger partial charge in [0.25, 0.3) is 0 Å². The Hall–Kier alpha value is -1.66. The minimum atomic E-state index is 1.77. The van der Waals surface area contributed by atoms with E-state index in [1.54, 1.807) is 24.3 Å². The quantitative estimate of drug-likeness (QED) is 0.266. The van der Waals surface area contributed by atoms with E-state index in [1.165, 1.54) is 0 Å². The molecular formula is C10H6. The van der Waals surface area contributed by atoms with Crippen LogP contribution >= 0.6 is 0 Å². The van der Waals surface area contributed by atoms with Crippen molar-refractivity contribution in [2.24, 2.45) is 0 Å². The molecule has 0 saturated heterocycles. The lowest BCUT2D eigenvalue weighted by Gasteiger charge is -1.67. The summed E-state index contributed by atoms with van der Waals surface area (Å²) in [5.74, 6) is 5.64. The lowest BCUT2D eigenvalue weighted by molar-refractivity contribution is 1.93. The van der Waals surface area contributed by atoms with Crippen LogP contribution in [0.1, 0.15) is 0 Å². The molecule has 0 heterocycles. The van der Waals surface area contributed by atoms with Crippen LogP contribution < -0.4 is 0 Å². The molecule has 0 unspecified atom stereocenters. The van der Waals surface area contributed by atoms with Gasteiger partial charge < -0.3 is 0 Å². The van der Waals surface area contributed by atoms with Gasteiger partial charge in [-0.2, -0.15) is 0 Å². The molecular weight excluding hydrogens is 122 g/mol. The van der Waals surface area contributed by atoms with Crippen LogP contribution in [0.2, 0.25) is 0 Å². The Labute approximate surface area is 60.6 Å². The van der Waals surface area contributed by atoms with Crippen molar-refractivity contribution in [3.8, 4) is 11.8 Å². The zero-order valence-electron chi connectivity index (χ0n) is 5.46. The third-order valence-corrected chi connectivity index (χ3v) is 0.885. The average Bonchev–Trinajstić information content (AvgIpc) is 2.01. The number of hydrogen-bond acceptors (Lipinski definition) is 0. The van der Waals surface area contributed by atoms with Gasteiger partial charge >= 0.3 is 0 Å². The van der Waals surface area contributed by atoms with Gasteiger partial charge in [0.15, 0.2) is 0 Å². The van der Waals surface area contributed by atoms with E-state index in [0.29, 0.717) is 0 Å². The maximum atomic E-state index is 2.82. The summed E-state index contributed by atoms with van der Waals surface area (Å²) in [5, 5.41) is 0. The third kappa shape index (κ3) is 2.60. The lowest BCUT2D eigenvalue weighted by atomic mass is 10.4. The summed E-state index contributed by atoms with van der Waals surface area (Å²) in [5.41, 5.74) is 5.64. The van der Waals surface area contributed by atoms with Crippen LogP contribution in [0, 0.1) is 11.8 Å². The normalized spacial score (nSPS) is 19.2. The molecule has 0 amide bonds. The van der Waals surface area contributed by atoms with Crippen molar-refractivity contribution in [3.05, 3.63) is 47.9 Å². The highest BCUT2D eigenvalue weighted by atomic mass is 14.1. The predicted molar refractivity (Wildman–Crippen MR) is 42.2 cm³/mol. The van der Waals surface area contributed by atoms with Gasteiger partial charge in [-0.3, -0.25) is 0 Å². The summed E-state index contributed by atoms with van der Waals surface area (Å²) >= 11 is 0. The molecule has 0 fully saturated rings. The number of hydrogen-bond donors (Lipinski definition) is 0. The molecule has 0 spiro atoms. The van der Waals surface area contributed by atoms with Crippen molar-refractivity contribution in [2.75, 3.05) is 0 Å². The Balaban J connectivity index is 2.97. The smallest absolute Gasteiger partial charge is 0.0109 e. The highest BCUT2D eigenvalue weighted by Gasteiger charge is 1.60. The van der Waals surface area contributed by atoms with Gasteiger partial charge in [0.05, 0.1) is 0 Å². The molecule has 0 heteroatoms. The fourth-order valence-corrected chi connectivity index (χ4v) is 0.481. The van der Waals surface area contributed by atoms with Crippen molar-refractivity contribution in [2.45, 2.75) is 0 Å². The Morgan fingerprint density at radius 3 is 1.70 bits per heavy atom. The summed E-state index contributed by atoms with van der Waals surface area (Å²) in [4.78, 5) is 0. The van der Waals surface area contributed by atoms with Gasteiger partial charge in [-0.25, -0.2) is 0 Å². The molecule has 0 radical (unpaired) electrons. The van der Waals surface area contributed by atoms with E-state index in [9.17, 15) is 0 Å². The third-order valence-electron chi connectivity index (χ3n) is 0.885. The molecule has 0 aromatic carbocycles. The van der Waals surface area contributed by atoms with E-state index >= 15 is 0 Å².